The molecule has 0 aromatic heterocycles. The van der Waals surface area contributed by atoms with Crippen LogP contribution >= 0.6 is 0 Å². The number of rotatable bonds is 5. The topological polar surface area (TPSA) is 38.0 Å². The molecule has 0 fully saturated rings. The number of hydrogen-bond acceptors (Lipinski definition) is 2. The first-order valence-electron chi connectivity index (χ1n) is 4.82. The molecule has 0 amide bonds. The molecular formula is C12H16N2. The number of para-hydroxylation sites is 1. The first-order chi connectivity index (χ1) is 6.84. The highest BCUT2D eigenvalue weighted by Crippen LogP contribution is 2.09. The minimum atomic E-state index is 0.817. The van der Waals surface area contributed by atoms with Gasteiger partial charge in [-0.25, -0.2) is 0 Å². The van der Waals surface area contributed by atoms with Gasteiger partial charge in [-0.05, 0) is 24.6 Å². The fourth-order valence-corrected chi connectivity index (χ4v) is 1.23. The second-order valence-corrected chi connectivity index (χ2v) is 3.18. The van der Waals surface area contributed by atoms with Gasteiger partial charge in [0.25, 0.3) is 0 Å². The van der Waals surface area contributed by atoms with Gasteiger partial charge in [0.1, 0.15) is 0 Å². The Labute approximate surface area is 85.5 Å². The molecule has 0 unspecified atom stereocenters. The van der Waals surface area contributed by atoms with Gasteiger partial charge in [-0.2, -0.15) is 0 Å². The highest BCUT2D eigenvalue weighted by atomic mass is 14.8. The molecule has 2 heteroatoms. The van der Waals surface area contributed by atoms with Crippen LogP contribution in [0.25, 0.3) is 0 Å². The van der Waals surface area contributed by atoms with Gasteiger partial charge in [-0.15, -0.1) is 12.3 Å². The van der Waals surface area contributed by atoms with Crippen LogP contribution in [0.2, 0.25) is 0 Å². The molecule has 0 atom stereocenters. The highest BCUT2D eigenvalue weighted by Gasteiger charge is 1.95. The SMILES string of the molecule is C#CCCCNCc1ccccc1N. The second-order valence-electron chi connectivity index (χ2n) is 3.18. The van der Waals surface area contributed by atoms with Crippen molar-refractivity contribution in [2.75, 3.05) is 12.3 Å². The first-order valence-corrected chi connectivity index (χ1v) is 4.82. The lowest BCUT2D eigenvalue weighted by atomic mass is 10.2. The largest absolute Gasteiger partial charge is 0.398 e. The lowest BCUT2D eigenvalue weighted by Crippen LogP contribution is -2.15. The van der Waals surface area contributed by atoms with Crippen LogP contribution in [0.4, 0.5) is 5.69 Å². The van der Waals surface area contributed by atoms with Crippen molar-refractivity contribution >= 4 is 5.69 Å². The quantitative estimate of drug-likeness (QED) is 0.420. The molecule has 0 aliphatic carbocycles. The van der Waals surface area contributed by atoms with E-state index >= 15 is 0 Å². The van der Waals surface area contributed by atoms with E-state index in [9.17, 15) is 0 Å². The van der Waals surface area contributed by atoms with Gasteiger partial charge in [-0.1, -0.05) is 18.2 Å². The molecule has 0 saturated carbocycles. The molecule has 2 nitrogen and oxygen atoms in total. The molecule has 0 heterocycles. The zero-order chi connectivity index (χ0) is 10.2. The van der Waals surface area contributed by atoms with Crippen molar-refractivity contribution in [3.8, 4) is 12.3 Å². The third-order valence-electron chi connectivity index (χ3n) is 2.05. The van der Waals surface area contributed by atoms with Crippen molar-refractivity contribution in [3.63, 3.8) is 0 Å². The van der Waals surface area contributed by atoms with Crippen molar-refractivity contribution in [2.45, 2.75) is 19.4 Å². The van der Waals surface area contributed by atoms with E-state index in [0.717, 1.165) is 37.2 Å². The summed E-state index contributed by atoms with van der Waals surface area (Å²) >= 11 is 0. The molecule has 74 valence electrons. The lowest BCUT2D eigenvalue weighted by Gasteiger charge is -2.06. The van der Waals surface area contributed by atoms with Crippen LogP contribution in [0.1, 0.15) is 18.4 Å². The summed E-state index contributed by atoms with van der Waals surface area (Å²) in [6.45, 7) is 1.76. The van der Waals surface area contributed by atoms with Crippen LogP contribution in [0.15, 0.2) is 24.3 Å². The molecule has 0 aliphatic rings. The summed E-state index contributed by atoms with van der Waals surface area (Å²) < 4.78 is 0. The Morgan fingerprint density at radius 1 is 1.36 bits per heavy atom. The van der Waals surface area contributed by atoms with Crippen molar-refractivity contribution in [1.29, 1.82) is 0 Å². The van der Waals surface area contributed by atoms with Gasteiger partial charge in [0.2, 0.25) is 0 Å². The average Bonchev–Trinajstić information content (AvgIpc) is 2.20. The van der Waals surface area contributed by atoms with E-state index in [1.54, 1.807) is 0 Å². The van der Waals surface area contributed by atoms with E-state index in [-0.39, 0.29) is 0 Å². The predicted molar refractivity (Wildman–Crippen MR) is 60.6 cm³/mol. The molecule has 3 N–H and O–H groups in total. The Hall–Kier alpha value is -1.46. The fourth-order valence-electron chi connectivity index (χ4n) is 1.23. The van der Waals surface area contributed by atoms with Crippen LogP contribution in [-0.2, 0) is 6.54 Å². The zero-order valence-corrected chi connectivity index (χ0v) is 8.29. The summed E-state index contributed by atoms with van der Waals surface area (Å²) in [4.78, 5) is 0. The number of nitrogen functional groups attached to an aromatic ring is 1. The van der Waals surface area contributed by atoms with Gasteiger partial charge in [0, 0.05) is 18.7 Å². The molecular weight excluding hydrogens is 172 g/mol. The number of terminal acetylenes is 1. The van der Waals surface area contributed by atoms with Crippen LogP contribution in [0, 0.1) is 12.3 Å². The highest BCUT2D eigenvalue weighted by molar-refractivity contribution is 5.46. The third kappa shape index (κ3) is 3.51. The van der Waals surface area contributed by atoms with Gasteiger partial charge >= 0.3 is 0 Å². The summed E-state index contributed by atoms with van der Waals surface area (Å²) in [7, 11) is 0. The molecule has 1 aromatic rings. The molecule has 1 rings (SSSR count). The Balaban J connectivity index is 2.25. The lowest BCUT2D eigenvalue weighted by molar-refractivity contribution is 0.660. The third-order valence-corrected chi connectivity index (χ3v) is 2.05. The van der Waals surface area contributed by atoms with Gasteiger partial charge < -0.3 is 11.1 Å². The molecule has 0 aliphatic heterocycles. The average molecular weight is 188 g/mol. The normalized spacial score (nSPS) is 9.64. The summed E-state index contributed by atoms with van der Waals surface area (Å²) in [6.07, 6.45) is 7.00. The smallest absolute Gasteiger partial charge is 0.0359 e. The molecule has 0 bridgehead atoms. The van der Waals surface area contributed by atoms with E-state index in [1.807, 2.05) is 24.3 Å². The number of nitrogens with two attached hydrogens (primary N) is 1. The standard InChI is InChI=1S/C12H16N2/c1-2-3-6-9-14-10-11-7-4-5-8-12(11)13/h1,4-5,7-8,14H,3,6,9-10,13H2. The minimum Gasteiger partial charge on any atom is -0.398 e. The van der Waals surface area contributed by atoms with Crippen molar-refractivity contribution in [3.05, 3.63) is 29.8 Å². The van der Waals surface area contributed by atoms with E-state index in [2.05, 4.69) is 11.2 Å². The minimum absolute atomic E-state index is 0.817. The number of hydrogen-bond donors (Lipinski definition) is 2. The maximum atomic E-state index is 5.79. The summed E-state index contributed by atoms with van der Waals surface area (Å²) in [6, 6.07) is 7.88. The second kappa shape index (κ2) is 6.06. The van der Waals surface area contributed by atoms with E-state index < -0.39 is 0 Å². The predicted octanol–water partition coefficient (Wildman–Crippen LogP) is 1.77. The number of unbranched alkanes of at least 4 members (excludes halogenated alkanes) is 1. The van der Waals surface area contributed by atoms with Crippen LogP contribution < -0.4 is 11.1 Å². The molecule has 0 saturated heterocycles. The summed E-state index contributed by atoms with van der Waals surface area (Å²) in [5.41, 5.74) is 7.78. The van der Waals surface area contributed by atoms with E-state index in [1.165, 1.54) is 0 Å². The van der Waals surface area contributed by atoms with Crippen molar-refractivity contribution < 1.29 is 0 Å². The monoisotopic (exact) mass is 188 g/mol. The number of nitrogens with one attached hydrogen (secondary N) is 1. The molecule has 0 radical (unpaired) electrons. The van der Waals surface area contributed by atoms with Crippen molar-refractivity contribution in [1.82, 2.24) is 5.32 Å². The number of anilines is 1. The Morgan fingerprint density at radius 2 is 2.14 bits per heavy atom. The molecule has 1 aromatic carbocycles. The Bertz CT molecular complexity index is 312. The zero-order valence-electron chi connectivity index (χ0n) is 8.29. The Morgan fingerprint density at radius 3 is 2.86 bits per heavy atom. The van der Waals surface area contributed by atoms with E-state index in [4.69, 9.17) is 12.2 Å². The molecule has 14 heavy (non-hydrogen) atoms. The van der Waals surface area contributed by atoms with Gasteiger partial charge in [-0.3, -0.25) is 0 Å². The fraction of sp³-hybridized carbons (Fsp3) is 0.333. The first kappa shape index (κ1) is 10.6. The van der Waals surface area contributed by atoms with Crippen LogP contribution in [0.5, 0.6) is 0 Å². The maximum absolute atomic E-state index is 5.79. The molecule has 0 spiro atoms. The Kier molecular flexibility index (Phi) is 4.60. The number of benzene rings is 1. The van der Waals surface area contributed by atoms with Gasteiger partial charge in [0.15, 0.2) is 0 Å². The van der Waals surface area contributed by atoms with Crippen LogP contribution in [0.3, 0.4) is 0 Å². The van der Waals surface area contributed by atoms with Gasteiger partial charge in [0.05, 0.1) is 0 Å². The van der Waals surface area contributed by atoms with E-state index in [0.29, 0.717) is 0 Å². The van der Waals surface area contributed by atoms with Crippen LogP contribution in [-0.4, -0.2) is 6.54 Å². The maximum Gasteiger partial charge on any atom is 0.0359 e. The summed E-state index contributed by atoms with van der Waals surface area (Å²) in [5, 5.41) is 3.30. The van der Waals surface area contributed by atoms with Crippen molar-refractivity contribution in [2.24, 2.45) is 0 Å². The summed E-state index contributed by atoms with van der Waals surface area (Å²) in [5.74, 6) is 2.61.